The van der Waals surface area contributed by atoms with Gasteiger partial charge in [-0.3, -0.25) is 0 Å². The molecule has 0 N–H and O–H groups in total. The van der Waals surface area contributed by atoms with E-state index in [1.165, 1.54) is 6.92 Å². The van der Waals surface area contributed by atoms with Crippen molar-refractivity contribution in [3.8, 4) is 0 Å². The number of carbonyl (C=O) groups is 1. The van der Waals surface area contributed by atoms with Gasteiger partial charge in [0.2, 0.25) is 0 Å². The minimum Gasteiger partial charge on any atom is -0.302 e. The Morgan fingerprint density at radius 1 is 1.26 bits per heavy atom. The Morgan fingerprint density at radius 2 is 1.84 bits per heavy atom. The number of aldehydes is 1. The second kappa shape index (κ2) is 6.83. The molecule has 0 spiro atoms. The van der Waals surface area contributed by atoms with Crippen LogP contribution in [0.1, 0.15) is 69.3 Å². The third-order valence-corrected chi connectivity index (χ3v) is 3.88. The summed E-state index contributed by atoms with van der Waals surface area (Å²) in [5.74, 6) is 0. The third kappa shape index (κ3) is 3.43. The van der Waals surface area contributed by atoms with Crippen LogP contribution in [-0.4, -0.2) is 6.29 Å². The summed E-state index contributed by atoms with van der Waals surface area (Å²) in [6.07, 6.45) is 3.65. The Balaban J connectivity index is 3.35. The fourth-order valence-corrected chi connectivity index (χ4v) is 2.89. The molecule has 1 aromatic carbocycles. The number of hydrogen-bond donors (Lipinski definition) is 0. The van der Waals surface area contributed by atoms with E-state index in [1.807, 2.05) is 25.1 Å². The van der Waals surface area contributed by atoms with E-state index in [1.54, 1.807) is 0 Å². The van der Waals surface area contributed by atoms with Crippen molar-refractivity contribution >= 4 is 6.29 Å². The van der Waals surface area contributed by atoms with Crippen LogP contribution < -0.4 is 0 Å². The number of rotatable bonds is 7. The number of halogens is 1. The van der Waals surface area contributed by atoms with Gasteiger partial charge in [0.25, 0.3) is 0 Å². The molecule has 0 aromatic heterocycles. The van der Waals surface area contributed by atoms with Gasteiger partial charge in [-0.2, -0.15) is 0 Å². The lowest BCUT2D eigenvalue weighted by Gasteiger charge is -2.30. The molecule has 0 heterocycles. The van der Waals surface area contributed by atoms with E-state index in [0.29, 0.717) is 5.56 Å². The van der Waals surface area contributed by atoms with Crippen LogP contribution in [0.2, 0.25) is 0 Å². The van der Waals surface area contributed by atoms with Gasteiger partial charge in [0.05, 0.1) is 5.41 Å². The number of alkyl halides is 1. The molecule has 2 heteroatoms. The van der Waals surface area contributed by atoms with Crippen molar-refractivity contribution in [2.75, 3.05) is 0 Å². The maximum Gasteiger partial charge on any atom is 0.130 e. The lowest BCUT2D eigenvalue weighted by atomic mass is 9.72. The second-order valence-corrected chi connectivity index (χ2v) is 5.46. The number of carbonyl (C=O) groups excluding carboxylic acids is 1. The van der Waals surface area contributed by atoms with E-state index in [0.717, 1.165) is 43.1 Å². The minimum atomic E-state index is -0.994. The average molecular weight is 264 g/mol. The van der Waals surface area contributed by atoms with E-state index < -0.39 is 11.6 Å². The van der Waals surface area contributed by atoms with Gasteiger partial charge in [-0.05, 0) is 43.4 Å². The van der Waals surface area contributed by atoms with Gasteiger partial charge in [-0.25, -0.2) is 4.39 Å². The molecule has 0 aliphatic heterocycles. The van der Waals surface area contributed by atoms with Crippen molar-refractivity contribution < 1.29 is 9.18 Å². The monoisotopic (exact) mass is 264 g/mol. The molecule has 1 aromatic rings. The highest BCUT2D eigenvalue weighted by Crippen LogP contribution is 2.36. The molecule has 0 radical (unpaired) electrons. The summed E-state index contributed by atoms with van der Waals surface area (Å²) in [5.41, 5.74) is 2.31. The molecule has 0 aliphatic rings. The molecular formula is C17H25FO. The number of hydrogen-bond acceptors (Lipinski definition) is 1. The van der Waals surface area contributed by atoms with Crippen LogP contribution in [-0.2, 0) is 10.2 Å². The summed E-state index contributed by atoms with van der Waals surface area (Å²) in [6, 6.07) is 5.64. The molecule has 1 atom stereocenters. The first-order valence-corrected chi connectivity index (χ1v) is 7.22. The highest BCUT2D eigenvalue weighted by Gasteiger charge is 2.31. The number of aryl methyl sites for hydroxylation is 1. The zero-order chi connectivity index (χ0) is 14.5. The molecule has 1 rings (SSSR count). The van der Waals surface area contributed by atoms with Crippen LogP contribution in [0, 0.1) is 6.92 Å². The zero-order valence-corrected chi connectivity index (χ0v) is 12.5. The first-order valence-electron chi connectivity index (χ1n) is 7.22. The fourth-order valence-electron chi connectivity index (χ4n) is 2.89. The maximum atomic E-state index is 13.5. The Bertz CT molecular complexity index is 417. The van der Waals surface area contributed by atoms with Gasteiger partial charge in [0, 0.05) is 0 Å². The van der Waals surface area contributed by atoms with E-state index >= 15 is 0 Å². The molecule has 19 heavy (non-hydrogen) atoms. The lowest BCUT2D eigenvalue weighted by Crippen LogP contribution is -2.29. The van der Waals surface area contributed by atoms with Gasteiger partial charge >= 0.3 is 0 Å². The Morgan fingerprint density at radius 3 is 2.26 bits per heavy atom. The standard InChI is InChI=1S/C17H25FO/c1-5-9-17(12-19,10-6-2)16-11-15(14(4)18)8-7-13(16)3/h7-8,11-12,14H,5-6,9-10H2,1-4H3. The largest absolute Gasteiger partial charge is 0.302 e. The minimum absolute atomic E-state index is 0.446. The van der Waals surface area contributed by atoms with E-state index in [9.17, 15) is 9.18 Å². The number of benzene rings is 1. The van der Waals surface area contributed by atoms with Crippen molar-refractivity contribution in [2.24, 2.45) is 0 Å². The molecule has 1 unspecified atom stereocenters. The highest BCUT2D eigenvalue weighted by atomic mass is 19.1. The van der Waals surface area contributed by atoms with E-state index in [-0.39, 0.29) is 0 Å². The molecule has 0 saturated carbocycles. The summed E-state index contributed by atoms with van der Waals surface area (Å²) < 4.78 is 13.5. The van der Waals surface area contributed by atoms with Crippen molar-refractivity contribution in [2.45, 2.75) is 65.0 Å². The van der Waals surface area contributed by atoms with Crippen LogP contribution in [0.25, 0.3) is 0 Å². The second-order valence-electron chi connectivity index (χ2n) is 5.46. The van der Waals surface area contributed by atoms with Crippen molar-refractivity contribution in [3.05, 3.63) is 34.9 Å². The Labute approximate surface area is 116 Å². The Hall–Kier alpha value is -1.18. The van der Waals surface area contributed by atoms with Crippen LogP contribution in [0.4, 0.5) is 4.39 Å². The van der Waals surface area contributed by atoms with E-state index in [2.05, 4.69) is 13.8 Å². The quantitative estimate of drug-likeness (QED) is 0.629. The summed E-state index contributed by atoms with van der Waals surface area (Å²) in [4.78, 5) is 11.7. The van der Waals surface area contributed by atoms with Crippen molar-refractivity contribution in [1.82, 2.24) is 0 Å². The van der Waals surface area contributed by atoms with Crippen LogP contribution in [0.15, 0.2) is 18.2 Å². The normalized spacial score (nSPS) is 13.3. The Kier molecular flexibility index (Phi) is 5.71. The predicted octanol–water partition coefficient (Wildman–Crippen LogP) is 5.06. The molecule has 0 amide bonds. The van der Waals surface area contributed by atoms with Gasteiger partial charge in [-0.15, -0.1) is 0 Å². The van der Waals surface area contributed by atoms with Crippen LogP contribution >= 0.6 is 0 Å². The van der Waals surface area contributed by atoms with Gasteiger partial charge < -0.3 is 4.79 Å². The fraction of sp³-hybridized carbons (Fsp3) is 0.588. The maximum absolute atomic E-state index is 13.5. The molecule has 0 aliphatic carbocycles. The molecule has 106 valence electrons. The van der Waals surface area contributed by atoms with Crippen LogP contribution in [0.5, 0.6) is 0 Å². The first-order chi connectivity index (χ1) is 9.00. The average Bonchev–Trinajstić information content (AvgIpc) is 2.38. The molecule has 0 bridgehead atoms. The molecule has 0 fully saturated rings. The SMILES string of the molecule is CCCC(C=O)(CCC)c1cc(C(C)F)ccc1C. The predicted molar refractivity (Wildman–Crippen MR) is 78.3 cm³/mol. The summed E-state index contributed by atoms with van der Waals surface area (Å²) in [5, 5.41) is 0. The van der Waals surface area contributed by atoms with Gasteiger partial charge in [-0.1, -0.05) is 44.9 Å². The molecule has 1 nitrogen and oxygen atoms in total. The summed E-state index contributed by atoms with van der Waals surface area (Å²) in [6.45, 7) is 7.72. The van der Waals surface area contributed by atoms with Crippen molar-refractivity contribution in [1.29, 1.82) is 0 Å². The highest BCUT2D eigenvalue weighted by molar-refractivity contribution is 5.70. The van der Waals surface area contributed by atoms with Gasteiger partial charge in [0.1, 0.15) is 12.5 Å². The summed E-state index contributed by atoms with van der Waals surface area (Å²) >= 11 is 0. The molecule has 0 saturated heterocycles. The van der Waals surface area contributed by atoms with Gasteiger partial charge in [0.15, 0.2) is 0 Å². The smallest absolute Gasteiger partial charge is 0.130 e. The van der Waals surface area contributed by atoms with Crippen molar-refractivity contribution in [3.63, 3.8) is 0 Å². The topological polar surface area (TPSA) is 17.1 Å². The zero-order valence-electron chi connectivity index (χ0n) is 12.5. The third-order valence-electron chi connectivity index (χ3n) is 3.88. The summed E-state index contributed by atoms with van der Waals surface area (Å²) in [7, 11) is 0. The van der Waals surface area contributed by atoms with Crippen LogP contribution in [0.3, 0.4) is 0 Å². The lowest BCUT2D eigenvalue weighted by molar-refractivity contribution is -0.113. The first kappa shape index (κ1) is 15.9. The molecular weight excluding hydrogens is 239 g/mol. The van der Waals surface area contributed by atoms with E-state index in [4.69, 9.17) is 0 Å².